The van der Waals surface area contributed by atoms with Crippen molar-refractivity contribution < 1.29 is 14.7 Å². The number of hydrogen-bond donors (Lipinski definition) is 2. The molecule has 0 aromatic carbocycles. The summed E-state index contributed by atoms with van der Waals surface area (Å²) in [7, 11) is 0. The Morgan fingerprint density at radius 3 is 2.00 bits per heavy atom. The Bertz CT molecular complexity index is 323. The molecule has 0 aliphatic heterocycles. The molecular weight excluding hydrogens is 244 g/mol. The van der Waals surface area contributed by atoms with E-state index in [-0.39, 0.29) is 5.91 Å². The molecule has 2 N–H and O–H groups in total. The molecule has 0 aliphatic carbocycles. The summed E-state index contributed by atoms with van der Waals surface area (Å²) < 4.78 is 1.63. The minimum atomic E-state index is -1.19. The topological polar surface area (TPSA) is 95.8 Å². The molecular formula is C10H18N2O4S. The molecule has 7 heteroatoms. The van der Waals surface area contributed by atoms with Crippen LogP contribution in [-0.4, -0.2) is 27.8 Å². The largest absolute Gasteiger partial charge is 0.480 e. The maximum absolute atomic E-state index is 11.7. The minimum absolute atomic E-state index is 0.385. The van der Waals surface area contributed by atoms with E-state index < -0.39 is 22.2 Å². The lowest BCUT2D eigenvalue weighted by Crippen LogP contribution is -2.54. The Hall–Kier alpha value is -1.11. The van der Waals surface area contributed by atoms with Crippen LogP contribution >= 0.6 is 11.9 Å². The highest BCUT2D eigenvalue weighted by molar-refractivity contribution is 7.99. The zero-order valence-corrected chi connectivity index (χ0v) is 11.4. The van der Waals surface area contributed by atoms with Crippen molar-refractivity contribution in [1.29, 1.82) is 0 Å². The molecule has 0 bridgehead atoms. The van der Waals surface area contributed by atoms with E-state index >= 15 is 0 Å². The highest BCUT2D eigenvalue weighted by Gasteiger charge is 2.39. The van der Waals surface area contributed by atoms with Crippen LogP contribution in [-0.2, 0) is 9.59 Å². The molecule has 0 aromatic rings. The van der Waals surface area contributed by atoms with Crippen LogP contribution in [0.4, 0.5) is 0 Å². The van der Waals surface area contributed by atoms with Gasteiger partial charge in [0.25, 0.3) is 0 Å². The normalized spacial score (nSPS) is 13.9. The fourth-order valence-corrected chi connectivity index (χ4v) is 1.49. The van der Waals surface area contributed by atoms with Gasteiger partial charge in [-0.2, -0.15) is 0 Å². The lowest BCUT2D eigenvalue weighted by Gasteiger charge is -2.30. The molecule has 0 rings (SSSR count). The van der Waals surface area contributed by atoms with Gasteiger partial charge in [0, 0.05) is 21.9 Å². The maximum Gasteiger partial charge on any atom is 0.327 e. The number of hydrogen-bond acceptors (Lipinski definition) is 5. The molecule has 0 aliphatic rings. The summed E-state index contributed by atoms with van der Waals surface area (Å²) >= 11 is 0.597. The first-order valence-electron chi connectivity index (χ1n) is 5.07. The molecule has 1 amide bonds. The van der Waals surface area contributed by atoms with Crippen molar-refractivity contribution in [3.05, 3.63) is 4.91 Å². The molecule has 0 saturated carbocycles. The van der Waals surface area contributed by atoms with Gasteiger partial charge < -0.3 is 10.4 Å². The third-order valence-electron chi connectivity index (χ3n) is 2.17. The SMILES string of the molecule is CC(C)(C)C(=O)N[C@@H](C(=O)O)C(C)(C)SN=O. The van der Waals surface area contributed by atoms with E-state index in [1.54, 1.807) is 34.6 Å². The molecule has 0 unspecified atom stereocenters. The summed E-state index contributed by atoms with van der Waals surface area (Å²) in [6.45, 7) is 8.12. The van der Waals surface area contributed by atoms with Crippen molar-refractivity contribution in [1.82, 2.24) is 5.32 Å². The van der Waals surface area contributed by atoms with Crippen LogP contribution in [0.2, 0.25) is 0 Å². The number of nitroso groups, excluding NO2 is 1. The number of carboxylic acids is 1. The van der Waals surface area contributed by atoms with Gasteiger partial charge in [-0.15, -0.1) is 4.91 Å². The molecule has 0 saturated heterocycles. The molecule has 6 nitrogen and oxygen atoms in total. The Morgan fingerprint density at radius 2 is 1.71 bits per heavy atom. The van der Waals surface area contributed by atoms with Crippen LogP contribution in [0.5, 0.6) is 0 Å². The Morgan fingerprint density at radius 1 is 1.24 bits per heavy atom. The van der Waals surface area contributed by atoms with Gasteiger partial charge in [-0.25, -0.2) is 4.79 Å². The van der Waals surface area contributed by atoms with E-state index in [0.29, 0.717) is 11.9 Å². The van der Waals surface area contributed by atoms with E-state index in [1.165, 1.54) is 0 Å². The highest BCUT2D eigenvalue weighted by atomic mass is 32.2. The molecule has 17 heavy (non-hydrogen) atoms. The van der Waals surface area contributed by atoms with Crippen LogP contribution in [0, 0.1) is 10.3 Å². The van der Waals surface area contributed by atoms with E-state index in [2.05, 4.69) is 9.90 Å². The van der Waals surface area contributed by atoms with Crippen molar-refractivity contribution in [2.75, 3.05) is 0 Å². The van der Waals surface area contributed by atoms with Gasteiger partial charge >= 0.3 is 5.97 Å². The summed E-state index contributed by atoms with van der Waals surface area (Å²) in [5, 5.41) is 11.5. The summed E-state index contributed by atoms with van der Waals surface area (Å²) in [6.07, 6.45) is 0. The number of aliphatic carboxylic acids is 1. The van der Waals surface area contributed by atoms with Crippen LogP contribution in [0.25, 0.3) is 0 Å². The second kappa shape index (κ2) is 5.48. The van der Waals surface area contributed by atoms with E-state index in [0.717, 1.165) is 0 Å². The van der Waals surface area contributed by atoms with E-state index in [4.69, 9.17) is 5.11 Å². The third kappa shape index (κ3) is 4.72. The number of amides is 1. The quantitative estimate of drug-likeness (QED) is 0.581. The summed E-state index contributed by atoms with van der Waals surface area (Å²) in [5.74, 6) is -1.58. The first-order valence-corrected chi connectivity index (χ1v) is 5.84. The van der Waals surface area contributed by atoms with Crippen molar-refractivity contribution in [2.24, 2.45) is 10.00 Å². The van der Waals surface area contributed by atoms with Crippen LogP contribution in [0.15, 0.2) is 4.58 Å². The maximum atomic E-state index is 11.7. The molecule has 1 atom stereocenters. The fourth-order valence-electron chi connectivity index (χ4n) is 1.03. The molecule has 0 radical (unpaired) electrons. The monoisotopic (exact) mass is 262 g/mol. The average Bonchev–Trinajstić information content (AvgIpc) is 2.10. The standard InChI is InChI=1S/C10H18N2O4S/c1-9(2,3)8(15)11-6(7(13)14)10(4,5)17-12-16/h6H,1-5H3,(H,11,15)(H,13,14)/t6-/m0/s1. The van der Waals surface area contributed by atoms with Gasteiger partial charge in [-0.1, -0.05) is 20.8 Å². The lowest BCUT2D eigenvalue weighted by atomic mass is 9.93. The number of rotatable bonds is 5. The summed E-state index contributed by atoms with van der Waals surface area (Å²) in [5.41, 5.74) is -0.691. The number of carbonyl (C=O) groups is 2. The second-order valence-electron chi connectivity index (χ2n) is 5.26. The van der Waals surface area contributed by atoms with Crippen molar-refractivity contribution in [2.45, 2.75) is 45.4 Å². The first kappa shape index (κ1) is 15.9. The Labute approximate surface area is 105 Å². The van der Waals surface area contributed by atoms with Gasteiger partial charge in [-0.3, -0.25) is 4.79 Å². The van der Waals surface area contributed by atoms with Gasteiger partial charge in [-0.05, 0) is 13.8 Å². The molecule has 0 aromatic heterocycles. The predicted octanol–water partition coefficient (Wildman–Crippen LogP) is 1.80. The summed E-state index contributed by atoms with van der Waals surface area (Å²) in [4.78, 5) is 33.1. The van der Waals surface area contributed by atoms with Crippen LogP contribution < -0.4 is 5.32 Å². The van der Waals surface area contributed by atoms with Gasteiger partial charge in [0.15, 0.2) is 0 Å². The molecule has 0 spiro atoms. The molecule has 98 valence electrons. The zero-order chi connectivity index (χ0) is 13.9. The van der Waals surface area contributed by atoms with Gasteiger partial charge in [0.1, 0.15) is 6.04 Å². The Balaban J connectivity index is 4.96. The predicted molar refractivity (Wildman–Crippen MR) is 66.5 cm³/mol. The van der Waals surface area contributed by atoms with Crippen molar-refractivity contribution in [3.8, 4) is 0 Å². The van der Waals surface area contributed by atoms with Gasteiger partial charge in [0.2, 0.25) is 5.91 Å². The minimum Gasteiger partial charge on any atom is -0.480 e. The van der Waals surface area contributed by atoms with Crippen LogP contribution in [0.3, 0.4) is 0 Å². The van der Waals surface area contributed by atoms with Crippen LogP contribution in [0.1, 0.15) is 34.6 Å². The van der Waals surface area contributed by atoms with Crippen molar-refractivity contribution >= 4 is 23.8 Å². The number of nitrogens with zero attached hydrogens (tertiary/aromatic N) is 1. The summed E-state index contributed by atoms with van der Waals surface area (Å²) in [6, 6.07) is -1.17. The zero-order valence-electron chi connectivity index (χ0n) is 10.6. The first-order chi connectivity index (χ1) is 7.52. The Kier molecular flexibility index (Phi) is 5.12. The fraction of sp³-hybridized carbons (Fsp3) is 0.800. The number of carboxylic acid groups (broad SMARTS) is 1. The number of carbonyl (C=O) groups excluding carboxylic acids is 1. The molecule has 0 heterocycles. The number of nitrogens with one attached hydrogen (secondary N) is 1. The lowest BCUT2D eigenvalue weighted by molar-refractivity contribution is -0.144. The smallest absolute Gasteiger partial charge is 0.327 e. The third-order valence-corrected chi connectivity index (χ3v) is 2.95. The average molecular weight is 262 g/mol. The van der Waals surface area contributed by atoms with Crippen molar-refractivity contribution in [3.63, 3.8) is 0 Å². The van der Waals surface area contributed by atoms with Gasteiger partial charge in [0.05, 0.1) is 4.75 Å². The second-order valence-corrected chi connectivity index (χ2v) is 6.65. The molecule has 0 fully saturated rings. The van der Waals surface area contributed by atoms with E-state index in [9.17, 15) is 14.5 Å². The highest BCUT2D eigenvalue weighted by Crippen LogP contribution is 2.29. The van der Waals surface area contributed by atoms with E-state index in [1.807, 2.05) is 0 Å².